The van der Waals surface area contributed by atoms with Gasteiger partial charge in [0.1, 0.15) is 16.6 Å². The first kappa shape index (κ1) is 14.9. The maximum atomic E-state index is 13.9. The lowest BCUT2D eigenvalue weighted by molar-refractivity contribution is 0.199. The molecule has 2 rings (SSSR count). The molecule has 0 bridgehead atoms. The molecular formula is C14H17FN2O2S. The summed E-state index contributed by atoms with van der Waals surface area (Å²) in [5.41, 5.74) is 1.02. The van der Waals surface area contributed by atoms with Crippen LogP contribution in [-0.4, -0.2) is 32.4 Å². The van der Waals surface area contributed by atoms with Crippen LogP contribution in [-0.2, 0) is 11.3 Å². The van der Waals surface area contributed by atoms with Crippen molar-refractivity contribution in [1.29, 1.82) is 0 Å². The van der Waals surface area contributed by atoms with Crippen molar-refractivity contribution in [3.63, 3.8) is 0 Å². The third-order valence-corrected chi connectivity index (χ3v) is 3.61. The Labute approximate surface area is 121 Å². The largest absolute Gasteiger partial charge is 0.496 e. The smallest absolute Gasteiger partial charge is 0.136 e. The molecule has 1 N–H and O–H groups in total. The molecule has 6 heteroatoms. The van der Waals surface area contributed by atoms with E-state index in [0.29, 0.717) is 30.2 Å². The van der Waals surface area contributed by atoms with Crippen molar-refractivity contribution < 1.29 is 13.9 Å². The van der Waals surface area contributed by atoms with Gasteiger partial charge in [-0.15, -0.1) is 11.3 Å². The van der Waals surface area contributed by atoms with Crippen molar-refractivity contribution >= 4 is 11.3 Å². The molecule has 0 atom stereocenters. The molecule has 0 fully saturated rings. The molecule has 0 aliphatic rings. The Bertz CT molecular complexity index is 560. The summed E-state index contributed by atoms with van der Waals surface area (Å²) in [6.07, 6.45) is 0. The fourth-order valence-corrected chi connectivity index (χ4v) is 2.55. The van der Waals surface area contributed by atoms with Crippen LogP contribution in [0.4, 0.5) is 4.39 Å². The van der Waals surface area contributed by atoms with E-state index in [4.69, 9.17) is 9.47 Å². The zero-order valence-electron chi connectivity index (χ0n) is 11.5. The van der Waals surface area contributed by atoms with Crippen LogP contribution in [0, 0.1) is 5.82 Å². The molecule has 0 aliphatic carbocycles. The highest BCUT2D eigenvalue weighted by Crippen LogP contribution is 2.32. The topological polar surface area (TPSA) is 43.4 Å². The first-order valence-corrected chi connectivity index (χ1v) is 7.11. The van der Waals surface area contributed by atoms with Gasteiger partial charge in [0.2, 0.25) is 0 Å². The molecule has 0 saturated carbocycles. The fraction of sp³-hybridized carbons (Fsp3) is 0.357. The Morgan fingerprint density at radius 2 is 2.20 bits per heavy atom. The molecule has 4 nitrogen and oxygen atoms in total. The second-order valence-electron chi connectivity index (χ2n) is 4.11. The molecule has 20 heavy (non-hydrogen) atoms. The molecule has 2 aromatic rings. The van der Waals surface area contributed by atoms with E-state index in [1.165, 1.54) is 24.5 Å². The van der Waals surface area contributed by atoms with Gasteiger partial charge < -0.3 is 14.8 Å². The van der Waals surface area contributed by atoms with Crippen molar-refractivity contribution in [1.82, 2.24) is 10.3 Å². The number of nitrogens with one attached hydrogen (secondary N) is 1. The molecule has 0 saturated heterocycles. The van der Waals surface area contributed by atoms with Gasteiger partial charge in [0, 0.05) is 25.6 Å². The van der Waals surface area contributed by atoms with Crippen LogP contribution in [0.5, 0.6) is 5.75 Å². The van der Waals surface area contributed by atoms with Gasteiger partial charge in [-0.25, -0.2) is 9.37 Å². The Kier molecular flexibility index (Phi) is 5.46. The number of methoxy groups -OCH3 is 2. The minimum absolute atomic E-state index is 0.325. The van der Waals surface area contributed by atoms with Crippen LogP contribution in [0.1, 0.15) is 5.01 Å². The molecule has 108 valence electrons. The average Bonchev–Trinajstić information content (AvgIpc) is 2.91. The van der Waals surface area contributed by atoms with Gasteiger partial charge in [0.05, 0.1) is 25.0 Å². The molecule has 0 spiro atoms. The van der Waals surface area contributed by atoms with E-state index in [0.717, 1.165) is 11.6 Å². The molecule has 1 aromatic heterocycles. The minimum atomic E-state index is -0.325. The van der Waals surface area contributed by atoms with E-state index in [2.05, 4.69) is 10.3 Å². The summed E-state index contributed by atoms with van der Waals surface area (Å²) in [5, 5.41) is 5.95. The number of halogens is 1. The number of benzene rings is 1. The lowest BCUT2D eigenvalue weighted by Gasteiger charge is -2.06. The molecular weight excluding hydrogens is 279 g/mol. The summed E-state index contributed by atoms with van der Waals surface area (Å²) < 4.78 is 24.1. The summed E-state index contributed by atoms with van der Waals surface area (Å²) in [6, 6.07) is 4.76. The Morgan fingerprint density at radius 1 is 1.35 bits per heavy atom. The number of aromatic nitrogens is 1. The Balaban J connectivity index is 2.12. The lowest BCUT2D eigenvalue weighted by atomic mass is 10.1. The van der Waals surface area contributed by atoms with Gasteiger partial charge in [-0.3, -0.25) is 0 Å². The van der Waals surface area contributed by atoms with E-state index in [1.54, 1.807) is 19.2 Å². The quantitative estimate of drug-likeness (QED) is 0.798. The number of thiazole rings is 1. The summed E-state index contributed by atoms with van der Waals surface area (Å²) in [4.78, 5) is 4.44. The third-order valence-electron chi connectivity index (χ3n) is 2.76. The van der Waals surface area contributed by atoms with Crippen molar-refractivity contribution in [3.05, 3.63) is 34.4 Å². The summed E-state index contributed by atoms with van der Waals surface area (Å²) in [6.45, 7) is 2.05. The number of rotatable bonds is 7. The van der Waals surface area contributed by atoms with E-state index >= 15 is 0 Å². The van der Waals surface area contributed by atoms with E-state index < -0.39 is 0 Å². The van der Waals surface area contributed by atoms with Gasteiger partial charge in [0.15, 0.2) is 0 Å². The molecule has 0 radical (unpaired) electrons. The van der Waals surface area contributed by atoms with E-state index in [1.807, 2.05) is 5.38 Å². The van der Waals surface area contributed by atoms with E-state index in [9.17, 15) is 4.39 Å². The van der Waals surface area contributed by atoms with Crippen LogP contribution in [0.25, 0.3) is 11.3 Å². The zero-order chi connectivity index (χ0) is 14.4. The predicted molar refractivity (Wildman–Crippen MR) is 77.6 cm³/mol. The van der Waals surface area contributed by atoms with E-state index in [-0.39, 0.29) is 5.82 Å². The number of hydrogen-bond acceptors (Lipinski definition) is 5. The zero-order valence-corrected chi connectivity index (χ0v) is 12.3. The summed E-state index contributed by atoms with van der Waals surface area (Å²) in [5.74, 6) is 0.169. The van der Waals surface area contributed by atoms with Gasteiger partial charge in [-0.2, -0.15) is 0 Å². The van der Waals surface area contributed by atoms with Crippen molar-refractivity contribution in [2.75, 3.05) is 27.4 Å². The summed E-state index contributed by atoms with van der Waals surface area (Å²) >= 11 is 1.49. The Morgan fingerprint density at radius 3 is 2.95 bits per heavy atom. The van der Waals surface area contributed by atoms with Crippen LogP contribution in [0.2, 0.25) is 0 Å². The van der Waals surface area contributed by atoms with Crippen molar-refractivity contribution in [2.24, 2.45) is 0 Å². The van der Waals surface area contributed by atoms with Crippen LogP contribution in [0.3, 0.4) is 0 Å². The highest BCUT2D eigenvalue weighted by Gasteiger charge is 2.14. The number of hydrogen-bond donors (Lipinski definition) is 1. The first-order chi connectivity index (χ1) is 9.76. The highest BCUT2D eigenvalue weighted by molar-refractivity contribution is 7.09. The van der Waals surface area contributed by atoms with Crippen molar-refractivity contribution in [2.45, 2.75) is 6.54 Å². The lowest BCUT2D eigenvalue weighted by Crippen LogP contribution is -2.18. The molecule has 0 unspecified atom stereocenters. The standard InChI is InChI=1S/C14H17FN2O2S/c1-18-7-6-16-8-13-17-11(9-20-13)14-10(15)4-3-5-12(14)19-2/h3-5,9,16H,6-8H2,1-2H3. The molecule has 0 aliphatic heterocycles. The Hall–Kier alpha value is -1.50. The van der Waals surface area contributed by atoms with Crippen LogP contribution in [0.15, 0.2) is 23.6 Å². The molecule has 1 heterocycles. The molecule has 1 aromatic carbocycles. The maximum absolute atomic E-state index is 13.9. The van der Waals surface area contributed by atoms with Crippen molar-refractivity contribution in [3.8, 4) is 17.0 Å². The highest BCUT2D eigenvalue weighted by atomic mass is 32.1. The third kappa shape index (κ3) is 3.53. The monoisotopic (exact) mass is 296 g/mol. The normalized spacial score (nSPS) is 10.8. The molecule has 0 amide bonds. The summed E-state index contributed by atoms with van der Waals surface area (Å²) in [7, 11) is 3.19. The fourth-order valence-electron chi connectivity index (χ4n) is 1.80. The SMILES string of the molecule is COCCNCc1nc(-c2c(F)cccc2OC)cs1. The van der Waals surface area contributed by atoms with Crippen LogP contribution >= 0.6 is 11.3 Å². The van der Waals surface area contributed by atoms with Gasteiger partial charge in [0.25, 0.3) is 0 Å². The second-order valence-corrected chi connectivity index (χ2v) is 5.06. The van der Waals surface area contributed by atoms with Gasteiger partial charge in [-0.05, 0) is 12.1 Å². The maximum Gasteiger partial charge on any atom is 0.136 e. The van der Waals surface area contributed by atoms with Gasteiger partial charge in [-0.1, -0.05) is 6.07 Å². The second kappa shape index (κ2) is 7.33. The van der Waals surface area contributed by atoms with Crippen LogP contribution < -0.4 is 10.1 Å². The first-order valence-electron chi connectivity index (χ1n) is 6.23. The minimum Gasteiger partial charge on any atom is -0.496 e. The number of ether oxygens (including phenoxy) is 2. The predicted octanol–water partition coefficient (Wildman–Crippen LogP) is 2.69. The average molecular weight is 296 g/mol. The van der Waals surface area contributed by atoms with Gasteiger partial charge >= 0.3 is 0 Å². The number of nitrogens with zero attached hydrogens (tertiary/aromatic N) is 1.